The van der Waals surface area contributed by atoms with Gasteiger partial charge >= 0.3 is 6.09 Å². The number of methoxy groups -OCH3 is 1. The Morgan fingerprint density at radius 1 is 1.46 bits per heavy atom. The quantitative estimate of drug-likeness (QED) is 0.517. The van der Waals surface area contributed by atoms with Crippen LogP contribution in [-0.4, -0.2) is 36.0 Å². The van der Waals surface area contributed by atoms with Gasteiger partial charge in [-0.05, 0) is 0 Å². The Kier molecular flexibility index (Phi) is 1.83. The van der Waals surface area contributed by atoms with E-state index in [0.717, 1.165) is 0 Å². The molecule has 0 aromatic heterocycles. The monoisotopic (exact) mass is 181 g/mol. The number of fused-ring (bicyclic) bond motifs is 2. The molecule has 2 heterocycles. The largest absolute Gasteiger partial charge is 0.453 e. The zero-order chi connectivity index (χ0) is 9.42. The first-order chi connectivity index (χ1) is 6.22. The highest BCUT2D eigenvalue weighted by Crippen LogP contribution is 2.28. The van der Waals surface area contributed by atoms with Crippen molar-refractivity contribution in [1.29, 1.82) is 0 Å². The summed E-state index contributed by atoms with van der Waals surface area (Å²) < 4.78 is 4.64. The van der Waals surface area contributed by atoms with E-state index in [2.05, 4.69) is 4.74 Å². The highest BCUT2D eigenvalue weighted by molar-refractivity contribution is 5.84. The predicted octanol–water partition coefficient (Wildman–Crippen LogP) is 0.725. The molecule has 1 fully saturated rings. The molecule has 0 N–H and O–H groups in total. The van der Waals surface area contributed by atoms with Crippen molar-refractivity contribution in [1.82, 2.24) is 4.90 Å². The molecule has 1 saturated heterocycles. The summed E-state index contributed by atoms with van der Waals surface area (Å²) >= 11 is 0. The zero-order valence-electron chi connectivity index (χ0n) is 7.40. The first-order valence-electron chi connectivity index (χ1n) is 4.28. The number of amides is 1. The van der Waals surface area contributed by atoms with E-state index in [1.54, 1.807) is 4.90 Å². The molecule has 2 atom stereocenters. The second-order valence-electron chi connectivity index (χ2n) is 3.34. The van der Waals surface area contributed by atoms with Crippen molar-refractivity contribution in [2.75, 3.05) is 7.11 Å². The van der Waals surface area contributed by atoms with Gasteiger partial charge in [0.15, 0.2) is 0 Å². The van der Waals surface area contributed by atoms with Gasteiger partial charge < -0.3 is 4.74 Å². The van der Waals surface area contributed by atoms with Crippen LogP contribution in [-0.2, 0) is 9.53 Å². The number of rotatable bonds is 0. The van der Waals surface area contributed by atoms with Crippen molar-refractivity contribution in [3.63, 3.8) is 0 Å². The molecule has 2 bridgehead atoms. The summed E-state index contributed by atoms with van der Waals surface area (Å²) in [6.45, 7) is 0. The number of nitrogens with zero attached hydrogens (tertiary/aromatic N) is 1. The molecule has 2 rings (SSSR count). The van der Waals surface area contributed by atoms with Gasteiger partial charge in [-0.1, -0.05) is 12.2 Å². The minimum atomic E-state index is -0.340. The fraction of sp³-hybridized carbons (Fsp3) is 0.556. The van der Waals surface area contributed by atoms with E-state index in [1.165, 1.54) is 7.11 Å². The van der Waals surface area contributed by atoms with E-state index in [9.17, 15) is 9.59 Å². The van der Waals surface area contributed by atoms with E-state index < -0.39 is 0 Å². The Labute approximate surface area is 76.2 Å². The molecule has 70 valence electrons. The topological polar surface area (TPSA) is 46.6 Å². The first kappa shape index (κ1) is 8.29. The summed E-state index contributed by atoms with van der Waals surface area (Å²) in [6.07, 6.45) is 4.34. The third-order valence-electron chi connectivity index (χ3n) is 2.53. The van der Waals surface area contributed by atoms with Crippen molar-refractivity contribution in [2.45, 2.75) is 24.9 Å². The average molecular weight is 181 g/mol. The lowest BCUT2D eigenvalue weighted by molar-refractivity contribution is -0.122. The molecular weight excluding hydrogens is 170 g/mol. The number of Topliss-reactive ketones (excluding diaryl/α,β-unsaturated/α-hetero) is 1. The molecule has 0 aliphatic carbocycles. The molecule has 0 unspecified atom stereocenters. The Hall–Kier alpha value is -1.32. The van der Waals surface area contributed by atoms with Crippen LogP contribution in [0.5, 0.6) is 0 Å². The van der Waals surface area contributed by atoms with E-state index >= 15 is 0 Å². The summed E-state index contributed by atoms with van der Waals surface area (Å²) in [6, 6.07) is -0.141. The van der Waals surface area contributed by atoms with Gasteiger partial charge in [0, 0.05) is 12.8 Å². The lowest BCUT2D eigenvalue weighted by Crippen LogP contribution is -2.47. The van der Waals surface area contributed by atoms with Crippen LogP contribution >= 0.6 is 0 Å². The van der Waals surface area contributed by atoms with E-state index in [1.807, 2.05) is 12.2 Å². The van der Waals surface area contributed by atoms with Crippen LogP contribution in [0, 0.1) is 0 Å². The molecule has 0 aromatic carbocycles. The molecule has 1 amide bonds. The summed E-state index contributed by atoms with van der Waals surface area (Å²) in [4.78, 5) is 24.1. The molecule has 0 aromatic rings. The van der Waals surface area contributed by atoms with E-state index in [0.29, 0.717) is 12.8 Å². The third kappa shape index (κ3) is 1.22. The van der Waals surface area contributed by atoms with Crippen molar-refractivity contribution < 1.29 is 14.3 Å². The van der Waals surface area contributed by atoms with Gasteiger partial charge in [-0.15, -0.1) is 0 Å². The van der Waals surface area contributed by atoms with Crippen LogP contribution in [0.15, 0.2) is 12.2 Å². The van der Waals surface area contributed by atoms with Crippen LogP contribution in [0.25, 0.3) is 0 Å². The maximum absolute atomic E-state index is 11.3. The highest BCUT2D eigenvalue weighted by atomic mass is 16.5. The Balaban J connectivity index is 2.17. The molecule has 2 aliphatic rings. The third-order valence-corrected chi connectivity index (χ3v) is 2.53. The van der Waals surface area contributed by atoms with Gasteiger partial charge in [-0.2, -0.15) is 0 Å². The number of ketones is 1. The van der Waals surface area contributed by atoms with E-state index in [-0.39, 0.29) is 24.0 Å². The number of ether oxygens (including phenoxy) is 1. The van der Waals surface area contributed by atoms with E-state index in [4.69, 9.17) is 0 Å². The Bertz CT molecular complexity index is 267. The zero-order valence-corrected chi connectivity index (χ0v) is 7.40. The number of carbonyl (C=O) groups excluding carboxylic acids is 2. The van der Waals surface area contributed by atoms with Crippen molar-refractivity contribution in [3.8, 4) is 0 Å². The van der Waals surface area contributed by atoms with Gasteiger partial charge in [0.25, 0.3) is 0 Å². The van der Waals surface area contributed by atoms with Crippen molar-refractivity contribution in [2.24, 2.45) is 0 Å². The first-order valence-corrected chi connectivity index (χ1v) is 4.28. The summed E-state index contributed by atoms with van der Waals surface area (Å²) in [5.41, 5.74) is 0. The molecule has 4 nitrogen and oxygen atoms in total. The van der Waals surface area contributed by atoms with Crippen LogP contribution < -0.4 is 0 Å². The predicted molar refractivity (Wildman–Crippen MR) is 45.2 cm³/mol. The summed E-state index contributed by atoms with van der Waals surface area (Å²) in [5, 5.41) is 0. The smallest absolute Gasteiger partial charge is 0.410 e. The molecule has 2 aliphatic heterocycles. The van der Waals surface area contributed by atoms with Gasteiger partial charge in [0.1, 0.15) is 5.78 Å². The van der Waals surface area contributed by atoms with Gasteiger partial charge in [-0.3, -0.25) is 9.69 Å². The molecule has 0 spiro atoms. The van der Waals surface area contributed by atoms with Crippen LogP contribution in [0.4, 0.5) is 4.79 Å². The van der Waals surface area contributed by atoms with Gasteiger partial charge in [0.05, 0.1) is 19.2 Å². The second-order valence-corrected chi connectivity index (χ2v) is 3.34. The lowest BCUT2D eigenvalue weighted by atomic mass is 10.0. The van der Waals surface area contributed by atoms with Crippen molar-refractivity contribution in [3.05, 3.63) is 12.2 Å². The maximum atomic E-state index is 11.3. The number of piperidine rings is 1. The van der Waals surface area contributed by atoms with Gasteiger partial charge in [-0.25, -0.2) is 4.79 Å². The molecule has 0 radical (unpaired) electrons. The summed E-state index contributed by atoms with van der Waals surface area (Å²) in [5.74, 6) is 0.222. The van der Waals surface area contributed by atoms with Crippen LogP contribution in [0.2, 0.25) is 0 Å². The second kappa shape index (κ2) is 2.87. The Morgan fingerprint density at radius 3 is 2.46 bits per heavy atom. The average Bonchev–Trinajstić information content (AvgIpc) is 2.37. The SMILES string of the molecule is COC(=O)N1[C@@H]2C=C[C@H]1CC(=O)C2. The standard InChI is InChI=1S/C9H11NO3/c1-13-9(12)10-6-2-3-7(10)5-8(11)4-6/h2-3,6-7H,4-5H2,1H3/t6-,7+. The molecule has 0 saturated carbocycles. The van der Waals surface area contributed by atoms with Gasteiger partial charge in [0.2, 0.25) is 0 Å². The fourth-order valence-electron chi connectivity index (χ4n) is 1.95. The minimum Gasteiger partial charge on any atom is -0.453 e. The lowest BCUT2D eigenvalue weighted by Gasteiger charge is -2.32. The highest BCUT2D eigenvalue weighted by Gasteiger charge is 2.39. The normalized spacial score (nSPS) is 30.8. The minimum absolute atomic E-state index is 0.0706. The Morgan fingerprint density at radius 2 is 2.00 bits per heavy atom. The number of hydrogen-bond donors (Lipinski definition) is 0. The molecule has 13 heavy (non-hydrogen) atoms. The van der Waals surface area contributed by atoms with Crippen LogP contribution in [0.3, 0.4) is 0 Å². The molecule has 4 heteroatoms. The fourth-order valence-corrected chi connectivity index (χ4v) is 1.95. The number of hydrogen-bond acceptors (Lipinski definition) is 3. The number of carbonyl (C=O) groups is 2. The van der Waals surface area contributed by atoms with Crippen molar-refractivity contribution >= 4 is 11.9 Å². The molecular formula is C9H11NO3. The van der Waals surface area contributed by atoms with Crippen LogP contribution in [0.1, 0.15) is 12.8 Å². The summed E-state index contributed by atoms with van der Waals surface area (Å²) in [7, 11) is 1.36. The maximum Gasteiger partial charge on any atom is 0.410 e.